The van der Waals surface area contributed by atoms with Crippen molar-refractivity contribution in [2.45, 2.75) is 30.8 Å². The highest BCUT2D eigenvalue weighted by Gasteiger charge is 2.23. The summed E-state index contributed by atoms with van der Waals surface area (Å²) in [5.41, 5.74) is 1.95. The van der Waals surface area contributed by atoms with Gasteiger partial charge in [0.2, 0.25) is 0 Å². The summed E-state index contributed by atoms with van der Waals surface area (Å²) in [5, 5.41) is 2.05. The molecule has 0 saturated heterocycles. The van der Waals surface area contributed by atoms with Gasteiger partial charge in [-0.05, 0) is 82.2 Å². The molecule has 2 aromatic rings. The molecule has 0 spiro atoms. The lowest BCUT2D eigenvalue weighted by molar-refractivity contribution is -0.115. The first kappa shape index (κ1) is 19.8. The Bertz CT molecular complexity index is 875. The molecule has 5 heteroatoms. The molecule has 0 bridgehead atoms. The molecule has 1 aliphatic carbocycles. The van der Waals surface area contributed by atoms with Gasteiger partial charge in [-0.3, -0.25) is 4.79 Å². The maximum atomic E-state index is 11.6. The number of allylic oxidation sites excluding steroid dienone is 1. The molecule has 0 amide bonds. The zero-order valence-corrected chi connectivity index (χ0v) is 17.7. The largest absolute Gasteiger partial charge is 0.493 e. The van der Waals surface area contributed by atoms with Crippen LogP contribution < -0.4 is 9.47 Å². The van der Waals surface area contributed by atoms with Crippen molar-refractivity contribution in [2.24, 2.45) is 0 Å². The summed E-state index contributed by atoms with van der Waals surface area (Å²) in [6, 6.07) is 14.1. The Morgan fingerprint density at radius 1 is 1.19 bits per heavy atom. The third-order valence-corrected chi connectivity index (χ3v) is 5.95. The van der Waals surface area contributed by atoms with Gasteiger partial charge in [0.1, 0.15) is 6.10 Å². The lowest BCUT2D eigenvalue weighted by atomic mass is 9.97. The van der Waals surface area contributed by atoms with Crippen molar-refractivity contribution in [3.8, 4) is 11.5 Å². The molecular formula is C22H21BrO3S. The van der Waals surface area contributed by atoms with E-state index in [0.717, 1.165) is 15.6 Å². The van der Waals surface area contributed by atoms with E-state index >= 15 is 0 Å². The molecule has 1 atom stereocenters. The number of halogens is 1. The fraction of sp³-hybridized carbons (Fsp3) is 0.227. The van der Waals surface area contributed by atoms with Crippen molar-refractivity contribution in [3.05, 3.63) is 69.6 Å². The van der Waals surface area contributed by atoms with Crippen molar-refractivity contribution in [1.82, 2.24) is 0 Å². The molecule has 27 heavy (non-hydrogen) atoms. The monoisotopic (exact) mass is 444 g/mol. The van der Waals surface area contributed by atoms with Crippen molar-refractivity contribution in [3.63, 3.8) is 0 Å². The third kappa shape index (κ3) is 5.05. The Labute approximate surface area is 172 Å². The minimum atomic E-state index is -0.120. The van der Waals surface area contributed by atoms with Gasteiger partial charge >= 0.3 is 0 Å². The fourth-order valence-corrected chi connectivity index (χ4v) is 4.09. The summed E-state index contributed by atoms with van der Waals surface area (Å²) in [7, 11) is 1.63. The summed E-state index contributed by atoms with van der Waals surface area (Å²) in [4.78, 5) is 12.8. The summed E-state index contributed by atoms with van der Waals surface area (Å²) in [6.45, 7) is 1.93. The average Bonchev–Trinajstić information content (AvgIpc) is 2.67. The minimum Gasteiger partial charge on any atom is -0.493 e. The lowest BCUT2D eigenvalue weighted by Gasteiger charge is -2.24. The van der Waals surface area contributed by atoms with Crippen LogP contribution in [0.2, 0.25) is 0 Å². The molecule has 0 aliphatic heterocycles. The maximum Gasteiger partial charge on any atom is 0.176 e. The number of hydrogen-bond acceptors (Lipinski definition) is 4. The van der Waals surface area contributed by atoms with Crippen LogP contribution in [0.4, 0.5) is 0 Å². The van der Waals surface area contributed by atoms with Crippen molar-refractivity contribution in [1.29, 1.82) is 0 Å². The molecule has 0 radical (unpaired) electrons. The van der Waals surface area contributed by atoms with E-state index in [1.807, 2.05) is 43.3 Å². The number of thioether (sulfide) groups is 1. The molecule has 0 fully saturated rings. The summed E-state index contributed by atoms with van der Waals surface area (Å²) in [5.74, 6) is 1.49. The van der Waals surface area contributed by atoms with Gasteiger partial charge in [0.25, 0.3) is 0 Å². The van der Waals surface area contributed by atoms with E-state index in [9.17, 15) is 4.79 Å². The quantitative estimate of drug-likeness (QED) is 0.491. The number of ether oxygens (including phenoxy) is 2. The summed E-state index contributed by atoms with van der Waals surface area (Å²) >= 11 is 5.32. The van der Waals surface area contributed by atoms with Crippen molar-refractivity contribution >= 4 is 39.6 Å². The van der Waals surface area contributed by atoms with E-state index in [1.54, 1.807) is 24.9 Å². The minimum absolute atomic E-state index is 0.120. The maximum absolute atomic E-state index is 11.6. The topological polar surface area (TPSA) is 35.5 Å². The van der Waals surface area contributed by atoms with Gasteiger partial charge in [0.15, 0.2) is 17.3 Å². The van der Waals surface area contributed by atoms with Gasteiger partial charge in [-0.15, -0.1) is 0 Å². The second kappa shape index (κ2) is 9.29. The Balaban J connectivity index is 1.82. The first-order valence-electron chi connectivity index (χ1n) is 8.71. The fourth-order valence-electron chi connectivity index (χ4n) is 2.85. The van der Waals surface area contributed by atoms with Crippen LogP contribution in [0.5, 0.6) is 11.5 Å². The highest BCUT2D eigenvalue weighted by molar-refractivity contribution is 9.10. The van der Waals surface area contributed by atoms with Gasteiger partial charge in [-0.25, -0.2) is 0 Å². The number of rotatable bonds is 6. The Kier molecular flexibility index (Phi) is 6.80. The smallest absolute Gasteiger partial charge is 0.176 e. The van der Waals surface area contributed by atoms with Crippen LogP contribution in [0.15, 0.2) is 68.9 Å². The number of hydrogen-bond donors (Lipinski definition) is 0. The SMILES string of the molecule is COc1ccc(/C=C/Sc2ccccc2)c(Br)c1OC1CCC(=O)C=C1C. The first-order chi connectivity index (χ1) is 13.1. The van der Waals surface area contributed by atoms with E-state index < -0.39 is 0 Å². The highest BCUT2D eigenvalue weighted by Crippen LogP contribution is 2.40. The van der Waals surface area contributed by atoms with E-state index in [2.05, 4.69) is 33.5 Å². The van der Waals surface area contributed by atoms with Gasteiger partial charge in [0.05, 0.1) is 11.6 Å². The van der Waals surface area contributed by atoms with Crippen molar-refractivity contribution in [2.75, 3.05) is 7.11 Å². The van der Waals surface area contributed by atoms with E-state index in [4.69, 9.17) is 9.47 Å². The lowest BCUT2D eigenvalue weighted by Crippen LogP contribution is -2.24. The molecule has 0 N–H and O–H groups in total. The zero-order valence-electron chi connectivity index (χ0n) is 15.3. The van der Waals surface area contributed by atoms with Crippen LogP contribution in [-0.2, 0) is 4.79 Å². The van der Waals surface area contributed by atoms with Crippen LogP contribution in [0.25, 0.3) is 6.08 Å². The molecule has 0 saturated carbocycles. The van der Waals surface area contributed by atoms with Crippen molar-refractivity contribution < 1.29 is 14.3 Å². The number of benzene rings is 2. The molecular weight excluding hydrogens is 424 g/mol. The van der Waals surface area contributed by atoms with Gasteiger partial charge in [-0.2, -0.15) is 0 Å². The number of carbonyl (C=O) groups excluding carboxylic acids is 1. The standard InChI is InChI=1S/C22H21BrO3S/c1-15-14-17(24)9-11-19(15)26-22-20(25-2)10-8-16(21(22)23)12-13-27-18-6-4-3-5-7-18/h3-8,10,12-14,19H,9,11H2,1-2H3/b13-12+. The highest BCUT2D eigenvalue weighted by atomic mass is 79.9. The molecule has 1 aliphatic rings. The van der Waals surface area contributed by atoms with Crippen LogP contribution in [0.3, 0.4) is 0 Å². The second-order valence-corrected chi connectivity index (χ2v) is 8.01. The van der Waals surface area contributed by atoms with E-state index in [-0.39, 0.29) is 11.9 Å². The second-order valence-electron chi connectivity index (χ2n) is 6.23. The molecule has 140 valence electrons. The Morgan fingerprint density at radius 2 is 1.96 bits per heavy atom. The summed E-state index contributed by atoms with van der Waals surface area (Å²) < 4.78 is 12.6. The number of ketones is 1. The molecule has 2 aromatic carbocycles. The van der Waals surface area contributed by atoms with E-state index in [0.29, 0.717) is 24.3 Å². The Morgan fingerprint density at radius 3 is 2.67 bits per heavy atom. The number of carbonyl (C=O) groups is 1. The van der Waals surface area contributed by atoms with Crippen LogP contribution >= 0.6 is 27.7 Å². The van der Waals surface area contributed by atoms with Gasteiger partial charge in [-0.1, -0.05) is 30.0 Å². The molecule has 3 rings (SSSR count). The van der Waals surface area contributed by atoms with Crippen LogP contribution in [-0.4, -0.2) is 19.0 Å². The summed E-state index contributed by atoms with van der Waals surface area (Å²) in [6.07, 6.45) is 4.79. The molecule has 0 aromatic heterocycles. The van der Waals surface area contributed by atoms with E-state index in [1.165, 1.54) is 4.90 Å². The Hall–Kier alpha value is -1.98. The van der Waals surface area contributed by atoms with Gasteiger partial charge < -0.3 is 9.47 Å². The predicted molar refractivity (Wildman–Crippen MR) is 114 cm³/mol. The number of methoxy groups -OCH3 is 1. The zero-order chi connectivity index (χ0) is 19.2. The molecule has 0 heterocycles. The van der Waals surface area contributed by atoms with Crippen LogP contribution in [0, 0.1) is 0 Å². The molecule has 3 nitrogen and oxygen atoms in total. The molecule has 1 unspecified atom stereocenters. The third-order valence-electron chi connectivity index (χ3n) is 4.32. The predicted octanol–water partition coefficient (Wildman–Crippen LogP) is 6.28. The van der Waals surface area contributed by atoms with Gasteiger partial charge in [0, 0.05) is 11.3 Å². The first-order valence-corrected chi connectivity index (χ1v) is 10.4. The van der Waals surface area contributed by atoms with Crippen LogP contribution in [0.1, 0.15) is 25.3 Å². The normalized spacial score (nSPS) is 17.1. The average molecular weight is 445 g/mol.